The Kier molecular flexibility index (Phi) is 7.27. The van der Waals surface area contributed by atoms with E-state index in [-0.39, 0.29) is 0 Å². The summed E-state index contributed by atoms with van der Waals surface area (Å²) in [4.78, 5) is 11.1. The van der Waals surface area contributed by atoms with Crippen LogP contribution >= 0.6 is 0 Å². The van der Waals surface area contributed by atoms with E-state index in [1.165, 1.54) is 6.92 Å². The van der Waals surface area contributed by atoms with Gasteiger partial charge in [0.15, 0.2) is 12.6 Å². The fourth-order valence-corrected chi connectivity index (χ4v) is 2.87. The van der Waals surface area contributed by atoms with E-state index in [1.54, 1.807) is 0 Å². The van der Waals surface area contributed by atoms with Gasteiger partial charge in [-0.05, 0) is 0 Å². The normalized spacial score (nSPS) is 46.8. The van der Waals surface area contributed by atoms with Crippen molar-refractivity contribution in [3.63, 3.8) is 0 Å². The highest BCUT2D eigenvalue weighted by atomic mass is 16.7. The molecule has 2 aliphatic rings. The average Bonchev–Trinajstić information content (AvgIpc) is 2.59. The van der Waals surface area contributed by atoms with Crippen molar-refractivity contribution < 1.29 is 54.8 Å². The Labute approximate surface area is 148 Å². The Morgan fingerprint density at radius 3 is 2.12 bits per heavy atom. The van der Waals surface area contributed by atoms with Crippen LogP contribution in [0.4, 0.5) is 0 Å². The lowest BCUT2D eigenvalue weighted by molar-refractivity contribution is -0.318. The van der Waals surface area contributed by atoms with Gasteiger partial charge < -0.3 is 55.3 Å². The van der Waals surface area contributed by atoms with E-state index >= 15 is 0 Å². The number of carbonyl (C=O) groups is 1. The molecule has 0 spiro atoms. The van der Waals surface area contributed by atoms with Crippen LogP contribution in [0.25, 0.3) is 0 Å². The molecule has 2 fully saturated rings. The maximum Gasteiger partial charge on any atom is 0.217 e. The van der Waals surface area contributed by atoms with Gasteiger partial charge >= 0.3 is 0 Å². The van der Waals surface area contributed by atoms with Crippen molar-refractivity contribution in [2.45, 2.75) is 68.3 Å². The van der Waals surface area contributed by atoms with Crippen LogP contribution in [0.3, 0.4) is 0 Å². The van der Waals surface area contributed by atoms with E-state index in [0.29, 0.717) is 0 Å². The zero-order chi connectivity index (χ0) is 19.6. The Bertz CT molecular complexity index is 478. The first kappa shape index (κ1) is 21.4. The fourth-order valence-electron chi connectivity index (χ4n) is 2.87. The topological polar surface area (TPSA) is 198 Å². The number of carbonyl (C=O) groups excluding carboxylic acids is 1. The third-order valence-electron chi connectivity index (χ3n) is 4.36. The minimum absolute atomic E-state index is 0.467. The summed E-state index contributed by atoms with van der Waals surface area (Å²) < 4.78 is 15.5. The van der Waals surface area contributed by atoms with Crippen molar-refractivity contribution >= 4 is 5.91 Å². The van der Waals surface area contributed by atoms with E-state index in [0.717, 1.165) is 0 Å². The SMILES string of the molecule is CC(=O)N[C@H]1[C@@H](O)[C@@H](O)[C@@H](CO[C@H]2O[C@H](CO)[C@H](O)[C@H](O)[C@H]2O)O[C@@H]1O. The molecule has 2 saturated heterocycles. The molecule has 26 heavy (non-hydrogen) atoms. The number of amides is 1. The van der Waals surface area contributed by atoms with Crippen molar-refractivity contribution in [3.8, 4) is 0 Å². The summed E-state index contributed by atoms with van der Waals surface area (Å²) in [5.74, 6) is -0.542. The van der Waals surface area contributed by atoms with E-state index in [9.17, 15) is 35.4 Å². The number of aliphatic hydroxyl groups excluding tert-OH is 7. The van der Waals surface area contributed by atoms with Gasteiger partial charge in [0.25, 0.3) is 0 Å². The van der Waals surface area contributed by atoms with Crippen LogP contribution in [-0.4, -0.2) is 116 Å². The van der Waals surface area contributed by atoms with Gasteiger partial charge in [0, 0.05) is 6.92 Å². The van der Waals surface area contributed by atoms with Crippen molar-refractivity contribution in [1.29, 1.82) is 0 Å². The average molecular weight is 383 g/mol. The highest BCUT2D eigenvalue weighted by Crippen LogP contribution is 2.24. The fraction of sp³-hybridized carbons (Fsp3) is 0.929. The molecular formula is C14H25NO11. The summed E-state index contributed by atoms with van der Waals surface area (Å²) in [6.45, 7) is 0.0636. The number of nitrogens with one attached hydrogen (secondary N) is 1. The molecule has 0 unspecified atom stereocenters. The quantitative estimate of drug-likeness (QED) is 0.226. The Morgan fingerprint density at radius 1 is 0.923 bits per heavy atom. The number of aliphatic hydroxyl groups is 7. The van der Waals surface area contributed by atoms with Crippen LogP contribution in [0.2, 0.25) is 0 Å². The molecule has 0 aromatic carbocycles. The van der Waals surface area contributed by atoms with Crippen LogP contribution in [-0.2, 0) is 19.0 Å². The number of hydrogen-bond donors (Lipinski definition) is 8. The van der Waals surface area contributed by atoms with Gasteiger partial charge in [-0.2, -0.15) is 0 Å². The third kappa shape index (κ3) is 4.48. The summed E-state index contributed by atoms with van der Waals surface area (Å²) >= 11 is 0. The second-order valence-corrected chi connectivity index (χ2v) is 6.30. The molecule has 12 nitrogen and oxygen atoms in total. The molecule has 0 aromatic rings. The van der Waals surface area contributed by atoms with Gasteiger partial charge in [-0.15, -0.1) is 0 Å². The number of ether oxygens (including phenoxy) is 3. The summed E-state index contributed by atoms with van der Waals surface area (Å²) in [5, 5.41) is 70.6. The Hall–Kier alpha value is -0.930. The monoisotopic (exact) mass is 383 g/mol. The van der Waals surface area contributed by atoms with Crippen molar-refractivity contribution in [2.75, 3.05) is 13.2 Å². The van der Waals surface area contributed by atoms with Gasteiger partial charge in [0.2, 0.25) is 5.91 Å². The molecule has 152 valence electrons. The summed E-state index contributed by atoms with van der Waals surface area (Å²) in [7, 11) is 0. The van der Waals surface area contributed by atoms with Crippen LogP contribution in [0.5, 0.6) is 0 Å². The third-order valence-corrected chi connectivity index (χ3v) is 4.36. The molecule has 0 aliphatic carbocycles. The second-order valence-electron chi connectivity index (χ2n) is 6.30. The van der Waals surface area contributed by atoms with Crippen molar-refractivity contribution in [2.24, 2.45) is 0 Å². The van der Waals surface area contributed by atoms with Crippen LogP contribution in [0.1, 0.15) is 6.92 Å². The lowest BCUT2D eigenvalue weighted by Crippen LogP contribution is -2.64. The van der Waals surface area contributed by atoms with Crippen LogP contribution in [0, 0.1) is 0 Å². The van der Waals surface area contributed by atoms with Gasteiger partial charge in [0.1, 0.15) is 48.8 Å². The predicted molar refractivity (Wildman–Crippen MR) is 80.2 cm³/mol. The minimum Gasteiger partial charge on any atom is -0.394 e. The van der Waals surface area contributed by atoms with Crippen LogP contribution < -0.4 is 5.32 Å². The molecule has 12 heteroatoms. The highest BCUT2D eigenvalue weighted by Gasteiger charge is 2.47. The number of rotatable bonds is 5. The van der Waals surface area contributed by atoms with Crippen molar-refractivity contribution in [3.05, 3.63) is 0 Å². The smallest absolute Gasteiger partial charge is 0.217 e. The van der Waals surface area contributed by atoms with Gasteiger partial charge in [-0.1, -0.05) is 0 Å². The first-order valence-electron chi connectivity index (χ1n) is 8.06. The Morgan fingerprint density at radius 2 is 1.54 bits per heavy atom. The molecule has 2 heterocycles. The molecule has 1 amide bonds. The molecule has 2 aliphatic heterocycles. The van der Waals surface area contributed by atoms with E-state index in [2.05, 4.69) is 5.32 Å². The Balaban J connectivity index is 1.95. The summed E-state index contributed by atoms with van der Waals surface area (Å²) in [6, 6.07) is -1.24. The second kappa shape index (κ2) is 8.84. The summed E-state index contributed by atoms with van der Waals surface area (Å²) in [5.41, 5.74) is 0. The molecule has 8 N–H and O–H groups in total. The first-order chi connectivity index (χ1) is 12.2. The molecule has 0 aromatic heterocycles. The number of hydrogen-bond acceptors (Lipinski definition) is 11. The molecule has 0 saturated carbocycles. The zero-order valence-electron chi connectivity index (χ0n) is 14.0. The highest BCUT2D eigenvalue weighted by molar-refractivity contribution is 5.73. The van der Waals surface area contributed by atoms with E-state index in [4.69, 9.17) is 19.3 Å². The van der Waals surface area contributed by atoms with Gasteiger partial charge in [-0.25, -0.2) is 0 Å². The van der Waals surface area contributed by atoms with Gasteiger partial charge in [-0.3, -0.25) is 4.79 Å². The zero-order valence-corrected chi connectivity index (χ0v) is 14.0. The summed E-state index contributed by atoms with van der Waals surface area (Å²) in [6.07, 6.45) is -13.4. The largest absolute Gasteiger partial charge is 0.394 e. The molecule has 2 rings (SSSR count). The molecule has 0 radical (unpaired) electrons. The standard InChI is InChI=1S/C14H25NO11/c1-4(17)15-7-10(20)9(19)6(25-13(7)23)3-24-14-12(22)11(21)8(18)5(2-16)26-14/h5-14,16,18-23H,2-3H2,1H3,(H,15,17)/t5-,6-,7+,8+,9+,10-,11+,12-,13+,14+/m1/s1. The van der Waals surface area contributed by atoms with Gasteiger partial charge in [0.05, 0.1) is 13.2 Å². The maximum atomic E-state index is 11.1. The van der Waals surface area contributed by atoms with Crippen molar-refractivity contribution in [1.82, 2.24) is 5.32 Å². The lowest BCUT2D eigenvalue weighted by Gasteiger charge is -2.42. The first-order valence-corrected chi connectivity index (χ1v) is 8.06. The maximum absolute atomic E-state index is 11.1. The molecule has 10 atom stereocenters. The van der Waals surface area contributed by atoms with E-state index < -0.39 is 80.5 Å². The minimum atomic E-state index is -1.64. The molecule has 0 bridgehead atoms. The predicted octanol–water partition coefficient (Wildman–Crippen LogP) is -5.25. The van der Waals surface area contributed by atoms with E-state index in [1.807, 2.05) is 0 Å². The van der Waals surface area contributed by atoms with Crippen LogP contribution in [0.15, 0.2) is 0 Å². The lowest BCUT2D eigenvalue weighted by atomic mass is 9.97. The molecular weight excluding hydrogens is 358 g/mol.